The molecule has 1 aromatic heterocycles. The Morgan fingerprint density at radius 2 is 1.80 bits per heavy atom. The number of hydrogen-bond donors (Lipinski definition) is 1. The highest BCUT2D eigenvalue weighted by Gasteiger charge is 2.45. The fourth-order valence-corrected chi connectivity index (χ4v) is 4.29. The van der Waals surface area contributed by atoms with Crippen LogP contribution in [0.2, 0.25) is 0 Å². The molecule has 0 bridgehead atoms. The Hall–Kier alpha value is -3.67. The van der Waals surface area contributed by atoms with Crippen molar-refractivity contribution in [3.8, 4) is 11.4 Å². The van der Waals surface area contributed by atoms with E-state index in [1.54, 1.807) is 23.0 Å². The molecule has 1 saturated carbocycles. The SMILES string of the molecule is Cc1ccc(C(Oc2ccc3c(cnn3-c3ccc(F)cc3)c2)C(C)NC(=O)C2(C)CC2)cc1C. The van der Waals surface area contributed by atoms with E-state index in [2.05, 4.69) is 42.5 Å². The monoisotopic (exact) mass is 471 g/mol. The lowest BCUT2D eigenvalue weighted by molar-refractivity contribution is -0.127. The van der Waals surface area contributed by atoms with Crippen LogP contribution in [0.1, 0.15) is 49.5 Å². The highest BCUT2D eigenvalue weighted by Crippen LogP contribution is 2.45. The van der Waals surface area contributed by atoms with Crippen molar-refractivity contribution >= 4 is 16.8 Å². The van der Waals surface area contributed by atoms with Gasteiger partial charge in [0.15, 0.2) is 0 Å². The molecule has 0 spiro atoms. The molecule has 5 rings (SSSR count). The molecule has 4 aromatic rings. The van der Waals surface area contributed by atoms with Gasteiger partial charge in [0.25, 0.3) is 0 Å². The number of aromatic nitrogens is 2. The van der Waals surface area contributed by atoms with Gasteiger partial charge in [-0.2, -0.15) is 5.10 Å². The molecule has 180 valence electrons. The maximum absolute atomic E-state index is 13.3. The molecule has 2 unspecified atom stereocenters. The van der Waals surface area contributed by atoms with Crippen LogP contribution in [-0.2, 0) is 4.79 Å². The number of rotatable bonds is 7. The van der Waals surface area contributed by atoms with E-state index in [1.807, 2.05) is 32.0 Å². The van der Waals surface area contributed by atoms with Gasteiger partial charge in [0.2, 0.25) is 5.91 Å². The van der Waals surface area contributed by atoms with Crippen molar-refractivity contribution in [2.45, 2.75) is 52.7 Å². The van der Waals surface area contributed by atoms with Gasteiger partial charge >= 0.3 is 0 Å². The highest BCUT2D eigenvalue weighted by molar-refractivity contribution is 5.85. The molecule has 2 atom stereocenters. The number of amides is 1. The lowest BCUT2D eigenvalue weighted by atomic mass is 9.98. The molecule has 1 heterocycles. The predicted molar refractivity (Wildman–Crippen MR) is 135 cm³/mol. The van der Waals surface area contributed by atoms with Crippen LogP contribution >= 0.6 is 0 Å². The van der Waals surface area contributed by atoms with Gasteiger partial charge in [-0.1, -0.05) is 25.1 Å². The van der Waals surface area contributed by atoms with Crippen LogP contribution in [0.3, 0.4) is 0 Å². The summed E-state index contributed by atoms with van der Waals surface area (Å²) in [7, 11) is 0. The average molecular weight is 472 g/mol. The van der Waals surface area contributed by atoms with Crippen molar-refractivity contribution < 1.29 is 13.9 Å². The summed E-state index contributed by atoms with van der Waals surface area (Å²) in [4.78, 5) is 12.8. The van der Waals surface area contributed by atoms with E-state index < -0.39 is 0 Å². The summed E-state index contributed by atoms with van der Waals surface area (Å²) in [6.45, 7) is 8.17. The third kappa shape index (κ3) is 4.65. The van der Waals surface area contributed by atoms with Crippen LogP contribution in [0.4, 0.5) is 4.39 Å². The van der Waals surface area contributed by atoms with E-state index in [0.29, 0.717) is 5.75 Å². The zero-order valence-electron chi connectivity index (χ0n) is 20.5. The number of ether oxygens (including phenoxy) is 1. The van der Waals surface area contributed by atoms with E-state index in [1.165, 1.54) is 23.3 Å². The fraction of sp³-hybridized carbons (Fsp3) is 0.310. The molecule has 1 fully saturated rings. The van der Waals surface area contributed by atoms with Crippen molar-refractivity contribution in [1.29, 1.82) is 0 Å². The summed E-state index contributed by atoms with van der Waals surface area (Å²) in [5.74, 6) is 0.492. The number of halogens is 1. The van der Waals surface area contributed by atoms with E-state index >= 15 is 0 Å². The first-order chi connectivity index (χ1) is 16.7. The third-order valence-corrected chi connectivity index (χ3v) is 7.09. The topological polar surface area (TPSA) is 56.1 Å². The van der Waals surface area contributed by atoms with Crippen LogP contribution in [0.5, 0.6) is 5.75 Å². The first kappa shape index (κ1) is 23.1. The van der Waals surface area contributed by atoms with E-state index in [4.69, 9.17) is 4.74 Å². The second kappa shape index (κ2) is 8.84. The number of aryl methyl sites for hydroxylation is 2. The minimum absolute atomic E-state index is 0.0819. The second-order valence-corrected chi connectivity index (χ2v) is 9.96. The Morgan fingerprint density at radius 3 is 2.49 bits per heavy atom. The number of fused-ring (bicyclic) bond motifs is 1. The molecule has 0 aliphatic heterocycles. The number of nitrogens with one attached hydrogen (secondary N) is 1. The van der Waals surface area contributed by atoms with Gasteiger partial charge in [0.1, 0.15) is 17.7 Å². The summed E-state index contributed by atoms with van der Waals surface area (Å²) in [6.07, 6.45) is 3.27. The Bertz CT molecular complexity index is 1390. The summed E-state index contributed by atoms with van der Waals surface area (Å²) >= 11 is 0. The Balaban J connectivity index is 1.44. The molecule has 3 aromatic carbocycles. The van der Waals surface area contributed by atoms with Crippen molar-refractivity contribution in [1.82, 2.24) is 15.1 Å². The highest BCUT2D eigenvalue weighted by atomic mass is 19.1. The molecule has 6 heteroatoms. The van der Waals surface area contributed by atoms with Crippen LogP contribution in [0.15, 0.2) is 66.9 Å². The first-order valence-corrected chi connectivity index (χ1v) is 12.0. The van der Waals surface area contributed by atoms with Gasteiger partial charge in [-0.15, -0.1) is 0 Å². The third-order valence-electron chi connectivity index (χ3n) is 7.09. The molecule has 0 radical (unpaired) electrons. The Morgan fingerprint density at radius 1 is 1.06 bits per heavy atom. The van der Waals surface area contributed by atoms with Crippen LogP contribution < -0.4 is 10.1 Å². The fourth-order valence-electron chi connectivity index (χ4n) is 4.29. The van der Waals surface area contributed by atoms with Crippen LogP contribution in [0.25, 0.3) is 16.6 Å². The minimum atomic E-state index is -0.356. The van der Waals surface area contributed by atoms with Gasteiger partial charge in [0.05, 0.1) is 23.4 Å². The van der Waals surface area contributed by atoms with Gasteiger partial charge in [-0.3, -0.25) is 4.79 Å². The average Bonchev–Trinajstić information content (AvgIpc) is 3.46. The normalized spacial score (nSPS) is 16.0. The standard InChI is InChI=1S/C29H30FN3O2/c1-18-5-6-21(15-19(18)2)27(20(3)32-28(34)29(4)13-14-29)35-25-11-12-26-22(16-25)17-31-33(26)24-9-7-23(30)8-10-24/h5-12,15-17,20,27H,13-14H2,1-4H3,(H,32,34). The molecule has 0 saturated heterocycles. The number of carbonyl (C=O) groups is 1. The summed E-state index contributed by atoms with van der Waals surface area (Å²) in [5, 5.41) is 8.59. The Kier molecular flexibility index (Phi) is 5.83. The number of benzene rings is 3. The number of nitrogens with zero attached hydrogens (tertiary/aromatic N) is 2. The van der Waals surface area contributed by atoms with Crippen LogP contribution in [0, 0.1) is 25.1 Å². The van der Waals surface area contributed by atoms with Crippen molar-refractivity contribution in [3.05, 3.63) is 89.4 Å². The zero-order chi connectivity index (χ0) is 24.7. The molecule has 1 aliphatic rings. The van der Waals surface area contributed by atoms with Gasteiger partial charge < -0.3 is 10.1 Å². The van der Waals surface area contributed by atoms with Crippen molar-refractivity contribution in [2.75, 3.05) is 0 Å². The number of carbonyl (C=O) groups excluding carboxylic acids is 1. The summed E-state index contributed by atoms with van der Waals surface area (Å²) in [6, 6.07) is 18.1. The lowest BCUT2D eigenvalue weighted by Crippen LogP contribution is -2.42. The van der Waals surface area contributed by atoms with Crippen LogP contribution in [-0.4, -0.2) is 21.7 Å². The molecule has 1 amide bonds. The van der Waals surface area contributed by atoms with Crippen molar-refractivity contribution in [3.63, 3.8) is 0 Å². The van der Waals surface area contributed by atoms with E-state index in [0.717, 1.165) is 35.0 Å². The van der Waals surface area contributed by atoms with Crippen molar-refractivity contribution in [2.24, 2.45) is 5.41 Å². The van der Waals surface area contributed by atoms with Gasteiger partial charge in [-0.05, 0) is 92.8 Å². The molecule has 35 heavy (non-hydrogen) atoms. The zero-order valence-corrected chi connectivity index (χ0v) is 20.5. The maximum atomic E-state index is 13.3. The quantitative estimate of drug-likeness (QED) is 0.349. The second-order valence-electron chi connectivity index (χ2n) is 9.96. The summed E-state index contributed by atoms with van der Waals surface area (Å²) < 4.78 is 21.6. The molecule has 5 nitrogen and oxygen atoms in total. The molecule has 1 N–H and O–H groups in total. The first-order valence-electron chi connectivity index (χ1n) is 12.0. The van der Waals surface area contributed by atoms with Gasteiger partial charge in [-0.25, -0.2) is 9.07 Å². The predicted octanol–water partition coefficient (Wildman–Crippen LogP) is 6.21. The van der Waals surface area contributed by atoms with E-state index in [-0.39, 0.29) is 29.3 Å². The lowest BCUT2D eigenvalue weighted by Gasteiger charge is -2.28. The summed E-state index contributed by atoms with van der Waals surface area (Å²) in [5.41, 5.74) is 4.84. The number of hydrogen-bond acceptors (Lipinski definition) is 3. The maximum Gasteiger partial charge on any atom is 0.226 e. The smallest absolute Gasteiger partial charge is 0.226 e. The largest absolute Gasteiger partial charge is 0.484 e. The minimum Gasteiger partial charge on any atom is -0.484 e. The Labute approximate surface area is 204 Å². The molecular weight excluding hydrogens is 441 g/mol. The molecular formula is C29H30FN3O2. The van der Waals surface area contributed by atoms with E-state index in [9.17, 15) is 9.18 Å². The van der Waals surface area contributed by atoms with Gasteiger partial charge in [0, 0.05) is 10.8 Å². The molecule has 1 aliphatic carbocycles.